The molecule has 2 heterocycles. The average Bonchev–Trinajstić information content (AvgIpc) is 3.21. The van der Waals surface area contributed by atoms with E-state index >= 15 is 0 Å². The van der Waals surface area contributed by atoms with E-state index in [9.17, 15) is 4.79 Å². The number of hydrogen-bond donors (Lipinski definition) is 1. The molecule has 4 rings (SSSR count). The zero-order valence-corrected chi connectivity index (χ0v) is 16.9. The van der Waals surface area contributed by atoms with E-state index < -0.39 is 0 Å². The minimum atomic E-state index is -0.351. The van der Waals surface area contributed by atoms with Gasteiger partial charge in [-0.15, -0.1) is 0 Å². The van der Waals surface area contributed by atoms with Crippen molar-refractivity contribution in [1.29, 1.82) is 0 Å². The SMILES string of the molecule is O=C(COc1cccc2cccnc12)NN=Cc1cccn1-c1ccc(Br)cc1. The van der Waals surface area contributed by atoms with Gasteiger partial charge in [-0.25, -0.2) is 5.43 Å². The monoisotopic (exact) mass is 448 g/mol. The molecule has 2 aromatic heterocycles. The van der Waals surface area contributed by atoms with Gasteiger partial charge in [0.05, 0.1) is 11.9 Å². The number of carbonyl (C=O) groups is 1. The van der Waals surface area contributed by atoms with Crippen molar-refractivity contribution in [3.05, 3.63) is 89.3 Å². The van der Waals surface area contributed by atoms with Crippen LogP contribution >= 0.6 is 15.9 Å². The summed E-state index contributed by atoms with van der Waals surface area (Å²) in [6.45, 7) is -0.152. The summed E-state index contributed by atoms with van der Waals surface area (Å²) in [5.74, 6) is 0.210. The summed E-state index contributed by atoms with van der Waals surface area (Å²) < 4.78 is 8.60. The van der Waals surface area contributed by atoms with Gasteiger partial charge in [-0.3, -0.25) is 9.78 Å². The Hall–Kier alpha value is -3.45. The van der Waals surface area contributed by atoms with Crippen molar-refractivity contribution in [2.24, 2.45) is 5.10 Å². The number of fused-ring (bicyclic) bond motifs is 1. The predicted octanol–water partition coefficient (Wildman–Crippen LogP) is 4.32. The molecule has 1 amide bonds. The highest BCUT2D eigenvalue weighted by atomic mass is 79.9. The Morgan fingerprint density at radius 2 is 1.93 bits per heavy atom. The van der Waals surface area contributed by atoms with Crippen LogP contribution < -0.4 is 10.2 Å². The number of nitrogens with zero attached hydrogens (tertiary/aromatic N) is 3. The molecule has 144 valence electrons. The van der Waals surface area contributed by atoms with Crippen LogP contribution in [-0.4, -0.2) is 28.3 Å². The first-order valence-corrected chi connectivity index (χ1v) is 9.72. The van der Waals surface area contributed by atoms with Gasteiger partial charge in [0.25, 0.3) is 5.91 Å². The van der Waals surface area contributed by atoms with E-state index in [-0.39, 0.29) is 12.5 Å². The van der Waals surface area contributed by atoms with Gasteiger partial charge in [0.15, 0.2) is 6.61 Å². The Morgan fingerprint density at radius 1 is 1.10 bits per heavy atom. The molecule has 0 saturated heterocycles. The summed E-state index contributed by atoms with van der Waals surface area (Å²) in [6, 6.07) is 21.2. The second-order valence-electron chi connectivity index (χ2n) is 6.19. The third kappa shape index (κ3) is 4.52. The standard InChI is InChI=1S/C22H17BrN4O2/c23-17-8-10-18(11-9-17)27-13-3-6-19(27)14-25-26-21(28)15-29-20-7-1-4-16-5-2-12-24-22(16)20/h1-14H,15H2,(H,26,28). The molecule has 29 heavy (non-hydrogen) atoms. The molecule has 0 radical (unpaired) electrons. The second kappa shape index (κ2) is 8.70. The Morgan fingerprint density at radius 3 is 2.79 bits per heavy atom. The summed E-state index contributed by atoms with van der Waals surface area (Å²) in [5, 5.41) is 5.00. The summed E-state index contributed by atoms with van der Waals surface area (Å²) in [5.41, 5.74) is 5.05. The van der Waals surface area contributed by atoms with E-state index in [0.29, 0.717) is 5.75 Å². The Labute approximate surface area is 176 Å². The first-order chi connectivity index (χ1) is 14.2. The molecule has 0 saturated carbocycles. The van der Waals surface area contributed by atoms with Crippen molar-refractivity contribution >= 4 is 39.0 Å². The zero-order chi connectivity index (χ0) is 20.1. The summed E-state index contributed by atoms with van der Waals surface area (Å²) in [4.78, 5) is 16.4. The third-order valence-corrected chi connectivity index (χ3v) is 4.75. The fraction of sp³-hybridized carbons (Fsp3) is 0.0455. The minimum absolute atomic E-state index is 0.152. The summed E-state index contributed by atoms with van der Waals surface area (Å²) in [6.07, 6.45) is 5.22. The van der Waals surface area contributed by atoms with Crippen molar-refractivity contribution in [3.63, 3.8) is 0 Å². The lowest BCUT2D eigenvalue weighted by atomic mass is 10.2. The number of carbonyl (C=O) groups excluding carboxylic acids is 1. The van der Waals surface area contributed by atoms with Crippen LogP contribution in [0.25, 0.3) is 16.6 Å². The van der Waals surface area contributed by atoms with Crippen molar-refractivity contribution < 1.29 is 9.53 Å². The van der Waals surface area contributed by atoms with E-state index in [1.54, 1.807) is 18.5 Å². The molecule has 0 atom stereocenters. The largest absolute Gasteiger partial charge is 0.481 e. The van der Waals surface area contributed by atoms with Crippen LogP contribution in [0.3, 0.4) is 0 Å². The molecule has 0 fully saturated rings. The maximum Gasteiger partial charge on any atom is 0.277 e. The quantitative estimate of drug-likeness (QED) is 0.352. The Bertz CT molecular complexity index is 1160. The Balaban J connectivity index is 1.37. The Kier molecular flexibility index (Phi) is 5.67. The molecular formula is C22H17BrN4O2. The topological polar surface area (TPSA) is 68.5 Å². The molecule has 0 aliphatic carbocycles. The number of hydrazone groups is 1. The fourth-order valence-electron chi connectivity index (χ4n) is 2.87. The van der Waals surface area contributed by atoms with Crippen molar-refractivity contribution in [1.82, 2.24) is 15.0 Å². The normalized spacial score (nSPS) is 11.1. The van der Waals surface area contributed by atoms with Gasteiger partial charge in [-0.2, -0.15) is 5.10 Å². The number of halogens is 1. The van der Waals surface area contributed by atoms with Gasteiger partial charge >= 0.3 is 0 Å². The number of para-hydroxylation sites is 1. The first-order valence-electron chi connectivity index (χ1n) is 8.92. The minimum Gasteiger partial charge on any atom is -0.481 e. The van der Waals surface area contributed by atoms with Crippen molar-refractivity contribution in [2.75, 3.05) is 6.61 Å². The van der Waals surface area contributed by atoms with E-state index in [4.69, 9.17) is 4.74 Å². The highest BCUT2D eigenvalue weighted by molar-refractivity contribution is 9.10. The van der Waals surface area contributed by atoms with Gasteiger partial charge in [0, 0.05) is 27.9 Å². The summed E-state index contributed by atoms with van der Waals surface area (Å²) >= 11 is 3.43. The van der Waals surface area contributed by atoms with Crippen LogP contribution in [0.4, 0.5) is 0 Å². The van der Waals surface area contributed by atoms with E-state index in [1.165, 1.54) is 0 Å². The van der Waals surface area contributed by atoms with Crippen molar-refractivity contribution in [3.8, 4) is 11.4 Å². The molecule has 0 aliphatic heterocycles. The summed E-state index contributed by atoms with van der Waals surface area (Å²) in [7, 11) is 0. The van der Waals surface area contributed by atoms with Crippen LogP contribution in [0.1, 0.15) is 5.69 Å². The molecular weight excluding hydrogens is 432 g/mol. The van der Waals surface area contributed by atoms with Gasteiger partial charge in [-0.05, 0) is 48.5 Å². The van der Waals surface area contributed by atoms with Crippen LogP contribution in [-0.2, 0) is 4.79 Å². The molecule has 0 bridgehead atoms. The number of pyridine rings is 1. The molecule has 2 aromatic carbocycles. The lowest BCUT2D eigenvalue weighted by molar-refractivity contribution is -0.123. The van der Waals surface area contributed by atoms with Gasteiger partial charge in [0.1, 0.15) is 11.3 Å². The maximum absolute atomic E-state index is 12.1. The van der Waals surface area contributed by atoms with Crippen LogP contribution in [0.5, 0.6) is 5.75 Å². The molecule has 0 spiro atoms. The molecule has 7 heteroatoms. The highest BCUT2D eigenvalue weighted by Crippen LogP contribution is 2.22. The fourth-order valence-corrected chi connectivity index (χ4v) is 3.14. The number of rotatable bonds is 6. The van der Waals surface area contributed by atoms with Crippen LogP contribution in [0.2, 0.25) is 0 Å². The van der Waals surface area contributed by atoms with Crippen LogP contribution in [0, 0.1) is 0 Å². The lowest BCUT2D eigenvalue weighted by Crippen LogP contribution is -2.24. The number of amides is 1. The third-order valence-electron chi connectivity index (χ3n) is 4.23. The van der Waals surface area contributed by atoms with E-state index in [1.807, 2.05) is 71.4 Å². The number of nitrogens with one attached hydrogen (secondary N) is 1. The van der Waals surface area contributed by atoms with E-state index in [2.05, 4.69) is 31.4 Å². The molecule has 1 N–H and O–H groups in total. The maximum atomic E-state index is 12.1. The smallest absolute Gasteiger partial charge is 0.277 e. The van der Waals surface area contributed by atoms with Gasteiger partial charge < -0.3 is 9.30 Å². The number of benzene rings is 2. The number of ether oxygens (including phenoxy) is 1. The molecule has 6 nitrogen and oxygen atoms in total. The second-order valence-corrected chi connectivity index (χ2v) is 7.11. The van der Waals surface area contributed by atoms with Gasteiger partial charge in [-0.1, -0.05) is 34.1 Å². The number of hydrogen-bond acceptors (Lipinski definition) is 4. The predicted molar refractivity (Wildman–Crippen MR) is 116 cm³/mol. The molecule has 4 aromatic rings. The highest BCUT2D eigenvalue weighted by Gasteiger charge is 2.06. The van der Waals surface area contributed by atoms with E-state index in [0.717, 1.165) is 26.8 Å². The average molecular weight is 449 g/mol. The van der Waals surface area contributed by atoms with Gasteiger partial charge in [0.2, 0.25) is 0 Å². The lowest BCUT2D eigenvalue weighted by Gasteiger charge is -2.08. The molecule has 0 unspecified atom stereocenters. The first kappa shape index (κ1) is 18.9. The van der Waals surface area contributed by atoms with Crippen molar-refractivity contribution in [2.45, 2.75) is 0 Å². The zero-order valence-electron chi connectivity index (χ0n) is 15.3. The number of aromatic nitrogens is 2. The van der Waals surface area contributed by atoms with Crippen LogP contribution in [0.15, 0.2) is 88.7 Å². The molecule has 0 aliphatic rings.